The lowest BCUT2D eigenvalue weighted by Gasteiger charge is -2.09. The lowest BCUT2D eigenvalue weighted by atomic mass is 10.2. The number of nitrogens with zero attached hydrogens (tertiary/aromatic N) is 3. The molecule has 0 saturated heterocycles. The molecule has 1 aromatic carbocycles. The number of nitrogens with one attached hydrogen (secondary N) is 1. The van der Waals surface area contributed by atoms with E-state index in [9.17, 15) is 4.79 Å². The second-order valence-corrected chi connectivity index (χ2v) is 6.24. The van der Waals surface area contributed by atoms with Gasteiger partial charge in [-0.15, -0.1) is 11.8 Å². The zero-order valence-corrected chi connectivity index (χ0v) is 13.9. The molecule has 0 aliphatic carbocycles. The molecule has 0 bridgehead atoms. The Bertz CT molecular complexity index is 774. The Morgan fingerprint density at radius 1 is 1.00 bits per heavy atom. The van der Waals surface area contributed by atoms with E-state index in [0.717, 1.165) is 16.9 Å². The first-order valence-corrected chi connectivity index (χ1v) is 8.79. The molecule has 6 heteroatoms. The molecule has 24 heavy (non-hydrogen) atoms. The second-order valence-electron chi connectivity index (χ2n) is 5.26. The number of hydrogen-bond donors (Lipinski definition) is 1. The van der Waals surface area contributed by atoms with Gasteiger partial charge >= 0.3 is 0 Å². The highest BCUT2D eigenvalue weighted by atomic mass is 32.2. The number of hydrogen-bond acceptors (Lipinski definition) is 4. The summed E-state index contributed by atoms with van der Waals surface area (Å²) >= 11 is 1.58. The van der Waals surface area contributed by atoms with Crippen molar-refractivity contribution in [3.63, 3.8) is 0 Å². The first-order valence-electron chi connectivity index (χ1n) is 7.63. The fraction of sp³-hybridized carbons (Fsp3) is 0.167. The Morgan fingerprint density at radius 2 is 1.79 bits per heavy atom. The fourth-order valence-corrected chi connectivity index (χ4v) is 3.03. The van der Waals surface area contributed by atoms with Gasteiger partial charge in [0.1, 0.15) is 5.82 Å². The number of anilines is 1. The maximum Gasteiger partial charge on any atom is 0.235 e. The summed E-state index contributed by atoms with van der Waals surface area (Å²) < 4.78 is 1.79. The first-order chi connectivity index (χ1) is 11.8. The van der Waals surface area contributed by atoms with Gasteiger partial charge in [-0.2, -0.15) is 5.10 Å². The summed E-state index contributed by atoms with van der Waals surface area (Å²) in [5.41, 5.74) is 2.31. The van der Waals surface area contributed by atoms with E-state index in [0.29, 0.717) is 18.1 Å². The van der Waals surface area contributed by atoms with Crippen molar-refractivity contribution in [2.24, 2.45) is 0 Å². The molecule has 5 nitrogen and oxygen atoms in total. The van der Waals surface area contributed by atoms with E-state index in [1.807, 2.05) is 48.5 Å². The smallest absolute Gasteiger partial charge is 0.235 e. The predicted octanol–water partition coefficient (Wildman–Crippen LogP) is 3.20. The van der Waals surface area contributed by atoms with Crippen LogP contribution in [0.25, 0.3) is 0 Å². The molecule has 0 aliphatic rings. The van der Waals surface area contributed by atoms with Crippen molar-refractivity contribution in [3.05, 3.63) is 78.2 Å². The number of carbonyl (C=O) groups is 1. The van der Waals surface area contributed by atoms with E-state index < -0.39 is 0 Å². The molecular formula is C18H18N4OS. The molecule has 0 fully saturated rings. The summed E-state index contributed by atoms with van der Waals surface area (Å²) in [5, 5.41) is 7.21. The van der Waals surface area contributed by atoms with Gasteiger partial charge in [0.2, 0.25) is 5.91 Å². The Balaban J connectivity index is 1.51. The summed E-state index contributed by atoms with van der Waals surface area (Å²) in [5.74, 6) is 1.88. The van der Waals surface area contributed by atoms with Crippen LogP contribution in [0, 0.1) is 0 Å². The van der Waals surface area contributed by atoms with Crippen molar-refractivity contribution in [1.29, 1.82) is 0 Å². The molecule has 2 aromatic heterocycles. The maximum absolute atomic E-state index is 12.1. The minimum atomic E-state index is -0.0242. The molecule has 122 valence electrons. The van der Waals surface area contributed by atoms with E-state index in [1.54, 1.807) is 35.0 Å². The van der Waals surface area contributed by atoms with Crippen LogP contribution in [0.2, 0.25) is 0 Å². The highest BCUT2D eigenvalue weighted by Gasteiger charge is 2.08. The van der Waals surface area contributed by atoms with Crippen LogP contribution in [0.5, 0.6) is 0 Å². The van der Waals surface area contributed by atoms with Gasteiger partial charge in [0.25, 0.3) is 0 Å². The number of rotatable bonds is 7. The van der Waals surface area contributed by atoms with Crippen LogP contribution in [-0.2, 0) is 17.1 Å². The van der Waals surface area contributed by atoms with Crippen molar-refractivity contribution in [2.75, 3.05) is 11.1 Å². The number of carbonyl (C=O) groups excluding carboxylic acids is 1. The van der Waals surface area contributed by atoms with Crippen molar-refractivity contribution in [3.8, 4) is 0 Å². The van der Waals surface area contributed by atoms with Gasteiger partial charge in [-0.1, -0.05) is 30.3 Å². The van der Waals surface area contributed by atoms with Gasteiger partial charge < -0.3 is 5.32 Å². The third-order valence-corrected chi connectivity index (χ3v) is 4.41. The average Bonchev–Trinajstić information content (AvgIpc) is 3.03. The molecule has 0 radical (unpaired) electrons. The number of aromatic nitrogens is 3. The van der Waals surface area contributed by atoms with Gasteiger partial charge in [0, 0.05) is 24.2 Å². The molecule has 0 atom stereocenters. The average molecular weight is 338 g/mol. The summed E-state index contributed by atoms with van der Waals surface area (Å²) in [6, 6.07) is 15.8. The molecule has 0 spiro atoms. The third-order valence-electron chi connectivity index (χ3n) is 3.41. The largest absolute Gasteiger partial charge is 0.310 e. The zero-order valence-electron chi connectivity index (χ0n) is 13.1. The van der Waals surface area contributed by atoms with Gasteiger partial charge in [-0.05, 0) is 23.3 Å². The van der Waals surface area contributed by atoms with Crippen LogP contribution in [0.1, 0.15) is 11.1 Å². The van der Waals surface area contributed by atoms with Gasteiger partial charge in [0.05, 0.1) is 18.5 Å². The number of thioether (sulfide) groups is 1. The zero-order chi connectivity index (χ0) is 16.6. The van der Waals surface area contributed by atoms with E-state index >= 15 is 0 Å². The number of benzene rings is 1. The normalized spacial score (nSPS) is 10.5. The SMILES string of the molecule is O=C(CSCc1ccncc1)Nc1ccnn1Cc1ccccc1. The lowest BCUT2D eigenvalue weighted by molar-refractivity contribution is -0.113. The Kier molecular flexibility index (Phi) is 5.63. The first kappa shape index (κ1) is 16.3. The molecule has 0 unspecified atom stereocenters. The van der Waals surface area contributed by atoms with E-state index in [1.165, 1.54) is 0 Å². The van der Waals surface area contributed by atoms with Crippen LogP contribution in [-0.4, -0.2) is 26.4 Å². The van der Waals surface area contributed by atoms with Crippen molar-refractivity contribution < 1.29 is 4.79 Å². The predicted molar refractivity (Wildman–Crippen MR) is 96.8 cm³/mol. The van der Waals surface area contributed by atoms with Crippen LogP contribution in [0.15, 0.2) is 67.1 Å². The van der Waals surface area contributed by atoms with E-state index in [-0.39, 0.29) is 5.91 Å². The fourth-order valence-electron chi connectivity index (χ4n) is 2.24. The summed E-state index contributed by atoms with van der Waals surface area (Å²) in [6.07, 6.45) is 5.22. The highest BCUT2D eigenvalue weighted by molar-refractivity contribution is 7.99. The van der Waals surface area contributed by atoms with Crippen LogP contribution < -0.4 is 5.32 Å². The topological polar surface area (TPSA) is 59.8 Å². The maximum atomic E-state index is 12.1. The highest BCUT2D eigenvalue weighted by Crippen LogP contribution is 2.13. The Labute approximate surface area is 145 Å². The van der Waals surface area contributed by atoms with E-state index in [4.69, 9.17) is 0 Å². The second kappa shape index (κ2) is 8.31. The quantitative estimate of drug-likeness (QED) is 0.719. The summed E-state index contributed by atoms with van der Waals surface area (Å²) in [4.78, 5) is 16.1. The summed E-state index contributed by atoms with van der Waals surface area (Å²) in [6.45, 7) is 0.633. The lowest BCUT2D eigenvalue weighted by Crippen LogP contribution is -2.18. The molecule has 3 aromatic rings. The third kappa shape index (κ3) is 4.70. The number of pyridine rings is 1. The van der Waals surface area contributed by atoms with Gasteiger partial charge in [-0.25, -0.2) is 4.68 Å². The van der Waals surface area contributed by atoms with Gasteiger partial charge in [-0.3, -0.25) is 9.78 Å². The molecule has 1 amide bonds. The van der Waals surface area contributed by atoms with Crippen LogP contribution in [0.4, 0.5) is 5.82 Å². The van der Waals surface area contributed by atoms with Crippen LogP contribution in [0.3, 0.4) is 0 Å². The molecule has 1 N–H and O–H groups in total. The van der Waals surface area contributed by atoms with Crippen LogP contribution >= 0.6 is 11.8 Å². The Morgan fingerprint density at radius 3 is 2.58 bits per heavy atom. The van der Waals surface area contributed by atoms with Crippen molar-refractivity contribution in [1.82, 2.24) is 14.8 Å². The van der Waals surface area contributed by atoms with Gasteiger partial charge in [0.15, 0.2) is 0 Å². The molecule has 2 heterocycles. The molecule has 0 saturated carbocycles. The van der Waals surface area contributed by atoms with Crippen molar-refractivity contribution in [2.45, 2.75) is 12.3 Å². The van der Waals surface area contributed by atoms with Crippen molar-refractivity contribution >= 4 is 23.5 Å². The minimum Gasteiger partial charge on any atom is -0.310 e. The molecule has 3 rings (SSSR count). The van der Waals surface area contributed by atoms with E-state index in [2.05, 4.69) is 15.4 Å². The standard InChI is InChI=1S/C18H18N4OS/c23-18(14-24-13-16-6-9-19-10-7-16)21-17-8-11-20-22(17)12-15-4-2-1-3-5-15/h1-11H,12-14H2,(H,21,23). The monoisotopic (exact) mass is 338 g/mol. The Hall–Kier alpha value is -2.60. The number of amides is 1. The summed E-state index contributed by atoms with van der Waals surface area (Å²) in [7, 11) is 0. The molecular weight excluding hydrogens is 320 g/mol. The minimum absolute atomic E-state index is 0.0242. The molecule has 0 aliphatic heterocycles.